The number of nitrogen functional groups attached to an aromatic ring is 1. The molecule has 3 heterocycles. The summed E-state index contributed by atoms with van der Waals surface area (Å²) in [5, 5.41) is 4.64. The van der Waals surface area contributed by atoms with E-state index in [0.29, 0.717) is 11.7 Å². The number of aromatic amines is 1. The van der Waals surface area contributed by atoms with Crippen LogP contribution in [0.15, 0.2) is 36.7 Å². The lowest BCUT2D eigenvalue weighted by molar-refractivity contribution is 0.751. The summed E-state index contributed by atoms with van der Waals surface area (Å²) >= 11 is 0. The van der Waals surface area contributed by atoms with Crippen molar-refractivity contribution in [2.75, 3.05) is 11.1 Å². The van der Waals surface area contributed by atoms with Crippen LogP contribution in [0.4, 0.5) is 11.5 Å². The third-order valence-electron chi connectivity index (χ3n) is 4.30. The average molecular weight is 293 g/mol. The van der Waals surface area contributed by atoms with Crippen LogP contribution in [0, 0.1) is 0 Å². The van der Waals surface area contributed by atoms with Crippen LogP contribution >= 0.6 is 0 Å². The average Bonchev–Trinajstić information content (AvgIpc) is 3.18. The predicted molar refractivity (Wildman–Crippen MR) is 89.6 cm³/mol. The van der Waals surface area contributed by atoms with Gasteiger partial charge in [0.15, 0.2) is 0 Å². The van der Waals surface area contributed by atoms with Crippen molar-refractivity contribution < 1.29 is 0 Å². The SMILES string of the molecule is Nc1ccc(-c2cc(NC3CCCC3)nc3[nH]ccc23)nc1. The molecule has 22 heavy (non-hydrogen) atoms. The van der Waals surface area contributed by atoms with E-state index in [2.05, 4.69) is 26.3 Å². The van der Waals surface area contributed by atoms with Crippen molar-refractivity contribution in [3.63, 3.8) is 0 Å². The molecule has 3 aromatic rings. The molecule has 3 aromatic heterocycles. The fourth-order valence-corrected chi connectivity index (χ4v) is 3.17. The van der Waals surface area contributed by atoms with Crippen molar-refractivity contribution in [2.24, 2.45) is 0 Å². The molecule has 0 atom stereocenters. The fraction of sp³-hybridized carbons (Fsp3) is 0.294. The summed E-state index contributed by atoms with van der Waals surface area (Å²) in [6.07, 6.45) is 8.65. The van der Waals surface area contributed by atoms with Gasteiger partial charge in [0.1, 0.15) is 11.5 Å². The second-order valence-corrected chi connectivity index (χ2v) is 5.90. The molecule has 112 valence electrons. The molecule has 0 unspecified atom stereocenters. The monoisotopic (exact) mass is 293 g/mol. The van der Waals surface area contributed by atoms with E-state index in [4.69, 9.17) is 5.73 Å². The van der Waals surface area contributed by atoms with Gasteiger partial charge in [0.05, 0.1) is 17.6 Å². The molecule has 4 N–H and O–H groups in total. The molecule has 0 bridgehead atoms. The Balaban J connectivity index is 1.78. The minimum absolute atomic E-state index is 0.534. The molecule has 0 aromatic carbocycles. The summed E-state index contributed by atoms with van der Waals surface area (Å²) in [4.78, 5) is 12.3. The van der Waals surface area contributed by atoms with Crippen molar-refractivity contribution in [1.82, 2.24) is 15.0 Å². The van der Waals surface area contributed by atoms with Gasteiger partial charge in [0, 0.05) is 23.2 Å². The number of nitrogens with zero attached hydrogens (tertiary/aromatic N) is 2. The number of pyridine rings is 2. The number of rotatable bonds is 3. The van der Waals surface area contributed by atoms with Crippen molar-refractivity contribution in [1.29, 1.82) is 0 Å². The van der Waals surface area contributed by atoms with Crippen LogP contribution < -0.4 is 11.1 Å². The van der Waals surface area contributed by atoms with Crippen molar-refractivity contribution in [2.45, 2.75) is 31.7 Å². The first-order chi connectivity index (χ1) is 10.8. The number of fused-ring (bicyclic) bond motifs is 1. The Kier molecular flexibility index (Phi) is 3.18. The minimum atomic E-state index is 0.534. The molecule has 0 aliphatic heterocycles. The number of hydrogen-bond acceptors (Lipinski definition) is 4. The third-order valence-corrected chi connectivity index (χ3v) is 4.30. The summed E-state index contributed by atoms with van der Waals surface area (Å²) < 4.78 is 0. The van der Waals surface area contributed by atoms with E-state index in [0.717, 1.165) is 28.1 Å². The van der Waals surface area contributed by atoms with Gasteiger partial charge in [-0.2, -0.15) is 0 Å². The molecule has 1 fully saturated rings. The third kappa shape index (κ3) is 2.39. The van der Waals surface area contributed by atoms with E-state index in [1.807, 2.05) is 24.4 Å². The van der Waals surface area contributed by atoms with Crippen LogP contribution in [0.2, 0.25) is 0 Å². The van der Waals surface area contributed by atoms with E-state index < -0.39 is 0 Å². The molecule has 1 aliphatic carbocycles. The Morgan fingerprint density at radius 2 is 2.05 bits per heavy atom. The Labute approximate surface area is 129 Å². The molecule has 1 aliphatic rings. The van der Waals surface area contributed by atoms with Gasteiger partial charge in [-0.3, -0.25) is 4.98 Å². The summed E-state index contributed by atoms with van der Waals surface area (Å²) in [7, 11) is 0. The van der Waals surface area contributed by atoms with Gasteiger partial charge in [-0.25, -0.2) is 4.98 Å². The number of nitrogens with two attached hydrogens (primary N) is 1. The maximum absolute atomic E-state index is 5.74. The highest BCUT2D eigenvalue weighted by Crippen LogP contribution is 2.30. The first kappa shape index (κ1) is 13.1. The number of hydrogen-bond donors (Lipinski definition) is 3. The Morgan fingerprint density at radius 1 is 1.18 bits per heavy atom. The van der Waals surface area contributed by atoms with Crippen LogP contribution in [0.25, 0.3) is 22.3 Å². The fourth-order valence-electron chi connectivity index (χ4n) is 3.17. The van der Waals surface area contributed by atoms with Crippen molar-refractivity contribution >= 4 is 22.5 Å². The largest absolute Gasteiger partial charge is 0.397 e. The van der Waals surface area contributed by atoms with Crippen LogP contribution in [0.3, 0.4) is 0 Å². The predicted octanol–water partition coefficient (Wildman–Crippen LogP) is 3.56. The standard InChI is InChI=1S/C17H19N5/c18-11-5-6-15(20-10-11)14-9-16(21-12-3-1-2-4-12)22-17-13(14)7-8-19-17/h5-10,12H,1-4,18H2,(H2,19,21,22). The highest BCUT2D eigenvalue weighted by molar-refractivity contribution is 5.93. The van der Waals surface area contributed by atoms with Gasteiger partial charge < -0.3 is 16.0 Å². The lowest BCUT2D eigenvalue weighted by Gasteiger charge is -2.14. The first-order valence-electron chi connectivity index (χ1n) is 7.76. The molecule has 0 radical (unpaired) electrons. The zero-order chi connectivity index (χ0) is 14.9. The second-order valence-electron chi connectivity index (χ2n) is 5.90. The first-order valence-corrected chi connectivity index (χ1v) is 7.76. The molecule has 4 rings (SSSR count). The molecule has 5 heteroatoms. The second kappa shape index (κ2) is 5.33. The lowest BCUT2D eigenvalue weighted by Crippen LogP contribution is -2.15. The number of aromatic nitrogens is 3. The molecule has 1 saturated carbocycles. The van der Waals surface area contributed by atoms with E-state index in [-0.39, 0.29) is 0 Å². The lowest BCUT2D eigenvalue weighted by atomic mass is 10.1. The maximum Gasteiger partial charge on any atom is 0.140 e. The van der Waals surface area contributed by atoms with E-state index in [1.54, 1.807) is 6.20 Å². The van der Waals surface area contributed by atoms with E-state index in [9.17, 15) is 0 Å². The summed E-state index contributed by atoms with van der Waals surface area (Å²) in [6.45, 7) is 0. The summed E-state index contributed by atoms with van der Waals surface area (Å²) in [5.74, 6) is 0.912. The Morgan fingerprint density at radius 3 is 2.82 bits per heavy atom. The van der Waals surface area contributed by atoms with Gasteiger partial charge in [-0.05, 0) is 37.1 Å². The van der Waals surface area contributed by atoms with Crippen LogP contribution in [-0.2, 0) is 0 Å². The molecule has 0 spiro atoms. The zero-order valence-electron chi connectivity index (χ0n) is 12.3. The molecule has 0 saturated heterocycles. The van der Waals surface area contributed by atoms with Crippen LogP contribution in [0.1, 0.15) is 25.7 Å². The molecular formula is C17H19N5. The Hall–Kier alpha value is -2.56. The highest BCUT2D eigenvalue weighted by atomic mass is 15.0. The van der Waals surface area contributed by atoms with E-state index >= 15 is 0 Å². The van der Waals surface area contributed by atoms with Gasteiger partial charge in [0.2, 0.25) is 0 Å². The van der Waals surface area contributed by atoms with Gasteiger partial charge in [-0.15, -0.1) is 0 Å². The van der Waals surface area contributed by atoms with E-state index in [1.165, 1.54) is 25.7 Å². The highest BCUT2D eigenvalue weighted by Gasteiger charge is 2.16. The minimum Gasteiger partial charge on any atom is -0.397 e. The number of nitrogens with one attached hydrogen (secondary N) is 2. The summed E-state index contributed by atoms with van der Waals surface area (Å²) in [5.41, 5.74) is 9.29. The molecule has 0 amide bonds. The molecule has 5 nitrogen and oxygen atoms in total. The van der Waals surface area contributed by atoms with Crippen molar-refractivity contribution in [3.8, 4) is 11.3 Å². The smallest absolute Gasteiger partial charge is 0.140 e. The van der Waals surface area contributed by atoms with Crippen LogP contribution in [0.5, 0.6) is 0 Å². The van der Waals surface area contributed by atoms with Gasteiger partial charge >= 0.3 is 0 Å². The Bertz CT molecular complexity index is 784. The zero-order valence-corrected chi connectivity index (χ0v) is 12.3. The van der Waals surface area contributed by atoms with Crippen molar-refractivity contribution in [3.05, 3.63) is 36.7 Å². The molecular weight excluding hydrogens is 274 g/mol. The number of anilines is 2. The topological polar surface area (TPSA) is 79.6 Å². The van der Waals surface area contributed by atoms with Gasteiger partial charge in [-0.1, -0.05) is 12.8 Å². The number of H-pyrrole nitrogens is 1. The quantitative estimate of drug-likeness (QED) is 0.690. The van der Waals surface area contributed by atoms with Crippen LogP contribution in [-0.4, -0.2) is 21.0 Å². The summed E-state index contributed by atoms with van der Waals surface area (Å²) in [6, 6.07) is 8.50. The normalized spacial score (nSPS) is 15.5. The maximum atomic E-state index is 5.74. The van der Waals surface area contributed by atoms with Gasteiger partial charge in [0.25, 0.3) is 0 Å².